The molecule has 18 heavy (non-hydrogen) atoms. The van der Waals surface area contributed by atoms with Gasteiger partial charge in [-0.05, 0) is 24.7 Å². The highest BCUT2D eigenvalue weighted by Crippen LogP contribution is 2.25. The summed E-state index contributed by atoms with van der Waals surface area (Å²) in [7, 11) is 0. The van der Waals surface area contributed by atoms with Gasteiger partial charge in [0.25, 0.3) is 5.91 Å². The molecule has 1 aliphatic heterocycles. The number of nitrogens with zero attached hydrogens (tertiary/aromatic N) is 1. The third-order valence-corrected chi connectivity index (χ3v) is 4.44. The Hall–Kier alpha value is -0.980. The van der Waals surface area contributed by atoms with E-state index in [0.29, 0.717) is 28.2 Å². The summed E-state index contributed by atoms with van der Waals surface area (Å²) in [5.74, 6) is 6.61. The number of nitrogens with two attached hydrogens (primary N) is 1. The van der Waals surface area contributed by atoms with E-state index in [-0.39, 0.29) is 5.91 Å². The van der Waals surface area contributed by atoms with Crippen molar-refractivity contribution in [1.82, 2.24) is 10.3 Å². The lowest BCUT2D eigenvalue weighted by Crippen LogP contribution is -2.29. The third-order valence-electron chi connectivity index (χ3n) is 2.75. The zero-order chi connectivity index (χ0) is 13.0. The number of hydrogen-bond acceptors (Lipinski definition) is 5. The van der Waals surface area contributed by atoms with Crippen LogP contribution in [-0.2, 0) is 0 Å². The number of amides is 1. The Morgan fingerprint density at radius 2 is 2.50 bits per heavy atom. The van der Waals surface area contributed by atoms with Gasteiger partial charge in [-0.25, -0.2) is 10.8 Å². The Kier molecular flexibility index (Phi) is 4.68. The van der Waals surface area contributed by atoms with Gasteiger partial charge in [0.05, 0.1) is 10.6 Å². The maximum atomic E-state index is 11.9. The molecule has 1 aliphatic rings. The zero-order valence-corrected chi connectivity index (χ0v) is 11.4. The van der Waals surface area contributed by atoms with Gasteiger partial charge in [-0.3, -0.25) is 4.79 Å². The number of anilines is 1. The molecule has 1 saturated heterocycles. The Morgan fingerprint density at radius 1 is 1.67 bits per heavy atom. The van der Waals surface area contributed by atoms with Crippen LogP contribution in [0.2, 0.25) is 5.02 Å². The number of thioether (sulfide) groups is 1. The van der Waals surface area contributed by atoms with Gasteiger partial charge < -0.3 is 10.7 Å². The molecule has 0 bridgehead atoms. The first kappa shape index (κ1) is 13.5. The Bertz CT molecular complexity index is 437. The predicted molar refractivity (Wildman–Crippen MR) is 74.9 cm³/mol. The highest BCUT2D eigenvalue weighted by Gasteiger charge is 2.17. The van der Waals surface area contributed by atoms with Gasteiger partial charge in [0, 0.05) is 18.0 Å². The molecule has 0 spiro atoms. The first-order valence-corrected chi connectivity index (χ1v) is 7.15. The quantitative estimate of drug-likeness (QED) is 0.579. The van der Waals surface area contributed by atoms with Crippen molar-refractivity contribution in [3.05, 3.63) is 22.8 Å². The van der Waals surface area contributed by atoms with E-state index in [4.69, 9.17) is 17.4 Å². The molecule has 5 nitrogen and oxygen atoms in total. The van der Waals surface area contributed by atoms with Crippen LogP contribution < -0.4 is 16.6 Å². The van der Waals surface area contributed by atoms with Crippen molar-refractivity contribution >= 4 is 35.1 Å². The molecule has 0 radical (unpaired) electrons. The van der Waals surface area contributed by atoms with E-state index >= 15 is 0 Å². The molecule has 98 valence electrons. The van der Waals surface area contributed by atoms with Crippen LogP contribution >= 0.6 is 23.4 Å². The van der Waals surface area contributed by atoms with E-state index in [1.807, 2.05) is 11.8 Å². The largest absolute Gasteiger partial charge is 0.351 e. The Morgan fingerprint density at radius 3 is 3.11 bits per heavy atom. The van der Waals surface area contributed by atoms with Crippen molar-refractivity contribution in [3.8, 4) is 0 Å². The van der Waals surface area contributed by atoms with Crippen LogP contribution in [0, 0.1) is 0 Å². The number of nitrogens with one attached hydrogen (secondary N) is 2. The Balaban J connectivity index is 1.93. The number of halogens is 1. The van der Waals surface area contributed by atoms with Crippen molar-refractivity contribution in [2.75, 3.05) is 17.7 Å². The van der Waals surface area contributed by atoms with Gasteiger partial charge in [-0.2, -0.15) is 11.8 Å². The molecule has 2 rings (SSSR count). The monoisotopic (exact) mass is 286 g/mol. The number of rotatable bonds is 4. The summed E-state index contributed by atoms with van der Waals surface area (Å²) in [6.07, 6.45) is 3.85. The molecule has 1 amide bonds. The smallest absolute Gasteiger partial charge is 0.252 e. The first-order valence-electron chi connectivity index (χ1n) is 5.72. The van der Waals surface area contributed by atoms with E-state index in [9.17, 15) is 4.79 Å². The number of nitrogen functional groups attached to an aromatic ring is 1. The summed E-state index contributed by atoms with van der Waals surface area (Å²) in [6.45, 7) is 0.692. The second-order valence-corrected chi connectivity index (χ2v) is 5.86. The molecule has 0 aliphatic carbocycles. The fourth-order valence-electron chi connectivity index (χ4n) is 1.78. The van der Waals surface area contributed by atoms with Crippen LogP contribution in [0.25, 0.3) is 0 Å². The third kappa shape index (κ3) is 3.28. The van der Waals surface area contributed by atoms with E-state index in [1.165, 1.54) is 24.8 Å². The highest BCUT2D eigenvalue weighted by atomic mass is 35.5. The number of aromatic nitrogens is 1. The number of hydrazine groups is 1. The van der Waals surface area contributed by atoms with Gasteiger partial charge in [-0.15, -0.1) is 0 Å². The highest BCUT2D eigenvalue weighted by molar-refractivity contribution is 8.00. The number of carbonyl (C=O) groups excluding carboxylic acids is 1. The van der Waals surface area contributed by atoms with E-state index < -0.39 is 0 Å². The standard InChI is InChI=1S/C11H15ClN4OS/c12-9-4-7(5-14-10(9)16-13)11(17)15-6-8-2-1-3-18-8/h4-5,8H,1-3,6,13H2,(H,14,16)(H,15,17). The Labute approximate surface area is 115 Å². The lowest BCUT2D eigenvalue weighted by atomic mass is 10.2. The van der Waals surface area contributed by atoms with Gasteiger partial charge in [0.1, 0.15) is 0 Å². The summed E-state index contributed by atoms with van der Waals surface area (Å²) in [5.41, 5.74) is 2.81. The number of pyridine rings is 1. The molecule has 0 saturated carbocycles. The molecule has 0 aromatic carbocycles. The van der Waals surface area contributed by atoms with Gasteiger partial charge in [-0.1, -0.05) is 11.6 Å². The first-order chi connectivity index (χ1) is 8.70. The van der Waals surface area contributed by atoms with Crippen LogP contribution in [0.15, 0.2) is 12.3 Å². The molecular formula is C11H15ClN4OS. The summed E-state index contributed by atoms with van der Waals surface area (Å²) in [4.78, 5) is 15.8. The van der Waals surface area contributed by atoms with Crippen LogP contribution in [0.4, 0.5) is 5.82 Å². The van der Waals surface area contributed by atoms with E-state index in [2.05, 4.69) is 15.7 Å². The SMILES string of the molecule is NNc1ncc(C(=O)NCC2CCCS2)cc1Cl. The maximum Gasteiger partial charge on any atom is 0.252 e. The second kappa shape index (κ2) is 6.26. The maximum absolute atomic E-state index is 11.9. The van der Waals surface area contributed by atoms with Crippen LogP contribution in [0.1, 0.15) is 23.2 Å². The summed E-state index contributed by atoms with van der Waals surface area (Å²) in [5, 5.41) is 3.76. The van der Waals surface area contributed by atoms with Crippen molar-refractivity contribution in [2.24, 2.45) is 5.84 Å². The minimum absolute atomic E-state index is 0.152. The van der Waals surface area contributed by atoms with E-state index in [0.717, 1.165) is 0 Å². The predicted octanol–water partition coefficient (Wildman–Crippen LogP) is 1.65. The van der Waals surface area contributed by atoms with Crippen molar-refractivity contribution in [2.45, 2.75) is 18.1 Å². The minimum Gasteiger partial charge on any atom is -0.351 e. The normalized spacial score (nSPS) is 18.7. The van der Waals surface area contributed by atoms with Crippen molar-refractivity contribution in [1.29, 1.82) is 0 Å². The van der Waals surface area contributed by atoms with Crippen LogP contribution in [0.5, 0.6) is 0 Å². The molecule has 2 heterocycles. The average molecular weight is 287 g/mol. The van der Waals surface area contributed by atoms with Gasteiger partial charge in [0.15, 0.2) is 5.82 Å². The lowest BCUT2D eigenvalue weighted by Gasteiger charge is -2.10. The fourth-order valence-corrected chi connectivity index (χ4v) is 3.20. The van der Waals surface area contributed by atoms with E-state index in [1.54, 1.807) is 6.07 Å². The summed E-state index contributed by atoms with van der Waals surface area (Å²) >= 11 is 7.82. The number of carbonyl (C=O) groups is 1. The molecule has 1 fully saturated rings. The topological polar surface area (TPSA) is 80.0 Å². The van der Waals surface area contributed by atoms with Crippen LogP contribution in [0.3, 0.4) is 0 Å². The summed E-state index contributed by atoms with van der Waals surface area (Å²) < 4.78 is 0. The number of hydrogen-bond donors (Lipinski definition) is 3. The fraction of sp³-hybridized carbons (Fsp3) is 0.455. The molecule has 1 atom stereocenters. The van der Waals surface area contributed by atoms with Crippen LogP contribution in [-0.4, -0.2) is 28.4 Å². The van der Waals surface area contributed by atoms with Gasteiger partial charge >= 0.3 is 0 Å². The molecule has 1 aromatic rings. The second-order valence-electron chi connectivity index (χ2n) is 4.04. The molecule has 1 unspecified atom stereocenters. The molecule has 7 heteroatoms. The van der Waals surface area contributed by atoms with Crippen molar-refractivity contribution < 1.29 is 4.79 Å². The lowest BCUT2D eigenvalue weighted by molar-refractivity contribution is 0.0953. The minimum atomic E-state index is -0.152. The molecule has 1 aromatic heterocycles. The van der Waals surface area contributed by atoms with Crippen molar-refractivity contribution in [3.63, 3.8) is 0 Å². The molecular weight excluding hydrogens is 272 g/mol. The molecule has 4 N–H and O–H groups in total. The summed E-state index contributed by atoms with van der Waals surface area (Å²) in [6, 6.07) is 1.56. The average Bonchev–Trinajstić information content (AvgIpc) is 2.89. The van der Waals surface area contributed by atoms with Gasteiger partial charge in [0.2, 0.25) is 0 Å². The zero-order valence-electron chi connectivity index (χ0n) is 9.78.